The van der Waals surface area contributed by atoms with Gasteiger partial charge in [-0.05, 0) is 26.0 Å². The molecule has 0 aliphatic carbocycles. The number of anilines is 2. The summed E-state index contributed by atoms with van der Waals surface area (Å²) in [6, 6.07) is 5.17. The molecule has 1 saturated heterocycles. The lowest BCUT2D eigenvalue weighted by atomic mass is 9.97. The van der Waals surface area contributed by atoms with Crippen molar-refractivity contribution in [3.63, 3.8) is 0 Å². The van der Waals surface area contributed by atoms with Crippen molar-refractivity contribution < 1.29 is 14.3 Å². The fraction of sp³-hybridized carbons (Fsp3) is 0.385. The maximum Gasteiger partial charge on any atom is 0.251 e. The minimum Gasteiger partial charge on any atom is -0.497 e. The van der Waals surface area contributed by atoms with Gasteiger partial charge in [0.1, 0.15) is 11.3 Å². The second-order valence-electron chi connectivity index (χ2n) is 4.95. The number of hydrogen-bond acceptors (Lipinski definition) is 5. The zero-order valence-corrected chi connectivity index (χ0v) is 11.2. The maximum absolute atomic E-state index is 11.9. The molecule has 1 heterocycles. The van der Waals surface area contributed by atoms with E-state index in [1.807, 2.05) is 0 Å². The van der Waals surface area contributed by atoms with Gasteiger partial charge in [0.25, 0.3) is 5.91 Å². The van der Waals surface area contributed by atoms with E-state index < -0.39 is 5.54 Å². The highest BCUT2D eigenvalue weighted by Gasteiger charge is 2.41. The van der Waals surface area contributed by atoms with Gasteiger partial charge in [-0.25, -0.2) is 0 Å². The van der Waals surface area contributed by atoms with E-state index in [0.29, 0.717) is 17.1 Å². The first-order valence-corrected chi connectivity index (χ1v) is 5.91. The van der Waals surface area contributed by atoms with Crippen LogP contribution in [0.1, 0.15) is 13.8 Å². The van der Waals surface area contributed by atoms with Crippen molar-refractivity contribution in [2.24, 2.45) is 0 Å². The first-order valence-electron chi connectivity index (χ1n) is 5.91. The number of rotatable bonds is 2. The Morgan fingerprint density at radius 3 is 2.63 bits per heavy atom. The SMILES string of the molecule is COc1ccc(N2CC(=O)NC(=O)C2(C)C)c(N)c1. The van der Waals surface area contributed by atoms with Gasteiger partial charge in [0.15, 0.2) is 0 Å². The summed E-state index contributed by atoms with van der Waals surface area (Å²) in [5.74, 6) is -0.0367. The van der Waals surface area contributed by atoms with Crippen LogP contribution in [0.15, 0.2) is 18.2 Å². The van der Waals surface area contributed by atoms with Gasteiger partial charge in [-0.3, -0.25) is 14.9 Å². The lowest BCUT2D eigenvalue weighted by molar-refractivity contribution is -0.135. The molecular weight excluding hydrogens is 246 g/mol. The van der Waals surface area contributed by atoms with E-state index in [-0.39, 0.29) is 18.4 Å². The molecular formula is C13H17N3O3. The molecule has 2 amide bonds. The van der Waals surface area contributed by atoms with Gasteiger partial charge < -0.3 is 15.4 Å². The first-order chi connectivity index (χ1) is 8.86. The Labute approximate surface area is 111 Å². The molecule has 0 radical (unpaired) electrons. The smallest absolute Gasteiger partial charge is 0.251 e. The van der Waals surface area contributed by atoms with Crippen LogP contribution in [0.5, 0.6) is 5.75 Å². The molecule has 102 valence electrons. The van der Waals surface area contributed by atoms with E-state index in [4.69, 9.17) is 10.5 Å². The summed E-state index contributed by atoms with van der Waals surface area (Å²) in [5, 5.41) is 2.33. The van der Waals surface area contributed by atoms with E-state index in [2.05, 4.69) is 5.32 Å². The number of carbonyl (C=O) groups excluding carboxylic acids is 2. The first kappa shape index (κ1) is 13.2. The standard InChI is InChI=1S/C13H17N3O3/c1-13(2)12(18)15-11(17)7-16(13)10-5-4-8(19-3)6-9(10)14/h4-6H,7,14H2,1-3H3,(H,15,17,18). The third-order valence-electron chi connectivity index (χ3n) is 3.31. The number of nitrogens with zero attached hydrogens (tertiary/aromatic N) is 1. The van der Waals surface area contributed by atoms with Crippen LogP contribution in [-0.4, -0.2) is 31.0 Å². The van der Waals surface area contributed by atoms with Crippen LogP contribution in [-0.2, 0) is 9.59 Å². The Morgan fingerprint density at radius 2 is 2.05 bits per heavy atom. The highest BCUT2D eigenvalue weighted by molar-refractivity contribution is 6.07. The predicted molar refractivity (Wildman–Crippen MR) is 72.0 cm³/mol. The topological polar surface area (TPSA) is 84.7 Å². The number of nitrogen functional groups attached to an aromatic ring is 1. The molecule has 6 nitrogen and oxygen atoms in total. The molecule has 1 aromatic carbocycles. The molecule has 6 heteroatoms. The molecule has 19 heavy (non-hydrogen) atoms. The van der Waals surface area contributed by atoms with Crippen LogP contribution in [0.3, 0.4) is 0 Å². The van der Waals surface area contributed by atoms with Crippen LogP contribution >= 0.6 is 0 Å². The predicted octanol–water partition coefficient (Wildman–Crippen LogP) is 0.519. The summed E-state index contributed by atoms with van der Waals surface area (Å²) < 4.78 is 5.09. The Kier molecular flexibility index (Phi) is 3.09. The third kappa shape index (κ3) is 2.21. The Morgan fingerprint density at radius 1 is 1.37 bits per heavy atom. The zero-order valence-electron chi connectivity index (χ0n) is 11.2. The largest absolute Gasteiger partial charge is 0.497 e. The zero-order chi connectivity index (χ0) is 14.2. The third-order valence-corrected chi connectivity index (χ3v) is 3.31. The number of hydrogen-bond donors (Lipinski definition) is 2. The molecule has 0 aromatic heterocycles. The van der Waals surface area contributed by atoms with E-state index in [1.54, 1.807) is 44.1 Å². The molecule has 1 fully saturated rings. The van der Waals surface area contributed by atoms with Crippen molar-refractivity contribution in [1.82, 2.24) is 5.32 Å². The fourth-order valence-electron chi connectivity index (χ4n) is 2.07. The van der Waals surface area contributed by atoms with Crippen LogP contribution in [0.2, 0.25) is 0 Å². The van der Waals surface area contributed by atoms with E-state index in [0.717, 1.165) is 0 Å². The summed E-state index contributed by atoms with van der Waals surface area (Å²) in [6.45, 7) is 3.59. The van der Waals surface area contributed by atoms with E-state index >= 15 is 0 Å². The summed E-state index contributed by atoms with van der Waals surface area (Å²) in [4.78, 5) is 25.1. The number of benzene rings is 1. The number of nitrogens with one attached hydrogen (secondary N) is 1. The van der Waals surface area contributed by atoms with Crippen molar-refractivity contribution in [2.45, 2.75) is 19.4 Å². The number of carbonyl (C=O) groups is 2. The molecule has 1 aromatic rings. The summed E-state index contributed by atoms with van der Waals surface area (Å²) in [6.07, 6.45) is 0. The number of imide groups is 1. The Hall–Kier alpha value is -2.24. The van der Waals surface area contributed by atoms with Gasteiger partial charge >= 0.3 is 0 Å². The van der Waals surface area contributed by atoms with Gasteiger partial charge in [0.2, 0.25) is 5.91 Å². The van der Waals surface area contributed by atoms with Crippen LogP contribution < -0.4 is 20.7 Å². The highest BCUT2D eigenvalue weighted by Crippen LogP contribution is 2.33. The molecule has 2 rings (SSSR count). The summed E-state index contributed by atoms with van der Waals surface area (Å²) in [5.41, 5.74) is 6.25. The van der Waals surface area contributed by atoms with Crippen molar-refractivity contribution in [2.75, 3.05) is 24.3 Å². The highest BCUT2D eigenvalue weighted by atomic mass is 16.5. The number of ether oxygens (including phenoxy) is 1. The lowest BCUT2D eigenvalue weighted by Gasteiger charge is -2.42. The fourth-order valence-corrected chi connectivity index (χ4v) is 2.07. The van der Waals surface area contributed by atoms with Gasteiger partial charge in [-0.2, -0.15) is 0 Å². The Bertz CT molecular complexity index is 540. The van der Waals surface area contributed by atoms with Gasteiger partial charge in [-0.15, -0.1) is 0 Å². The monoisotopic (exact) mass is 263 g/mol. The minimum atomic E-state index is -0.837. The molecule has 3 N–H and O–H groups in total. The van der Waals surface area contributed by atoms with Crippen molar-refractivity contribution in [3.05, 3.63) is 18.2 Å². The van der Waals surface area contributed by atoms with Crippen LogP contribution in [0.4, 0.5) is 11.4 Å². The minimum absolute atomic E-state index is 0.0925. The number of nitrogens with two attached hydrogens (primary N) is 1. The van der Waals surface area contributed by atoms with Gasteiger partial charge in [-0.1, -0.05) is 0 Å². The molecule has 0 spiro atoms. The van der Waals surface area contributed by atoms with Crippen molar-refractivity contribution in [3.8, 4) is 5.75 Å². The number of methoxy groups -OCH3 is 1. The molecule has 0 bridgehead atoms. The molecule has 1 aliphatic heterocycles. The van der Waals surface area contributed by atoms with Crippen LogP contribution in [0.25, 0.3) is 0 Å². The van der Waals surface area contributed by atoms with E-state index in [9.17, 15) is 9.59 Å². The van der Waals surface area contributed by atoms with Crippen LogP contribution in [0, 0.1) is 0 Å². The second kappa shape index (κ2) is 4.46. The molecule has 1 aliphatic rings. The lowest BCUT2D eigenvalue weighted by Crippen LogP contribution is -2.64. The average Bonchev–Trinajstić information content (AvgIpc) is 2.34. The quantitative estimate of drug-likeness (QED) is 0.600. The summed E-state index contributed by atoms with van der Waals surface area (Å²) >= 11 is 0. The maximum atomic E-state index is 11.9. The van der Waals surface area contributed by atoms with Crippen molar-refractivity contribution >= 4 is 23.2 Å². The van der Waals surface area contributed by atoms with Crippen molar-refractivity contribution in [1.29, 1.82) is 0 Å². The molecule has 0 unspecified atom stereocenters. The van der Waals surface area contributed by atoms with Gasteiger partial charge in [0, 0.05) is 6.07 Å². The van der Waals surface area contributed by atoms with Gasteiger partial charge in [0.05, 0.1) is 25.0 Å². The number of amides is 2. The Balaban J connectivity index is 2.44. The summed E-state index contributed by atoms with van der Waals surface area (Å²) in [7, 11) is 1.55. The second-order valence-corrected chi connectivity index (χ2v) is 4.95. The van der Waals surface area contributed by atoms with E-state index in [1.165, 1.54) is 0 Å². The number of piperazine rings is 1. The molecule has 0 atom stereocenters. The molecule has 0 saturated carbocycles. The normalized spacial score (nSPS) is 18.2. The average molecular weight is 263 g/mol.